The molecule has 0 aliphatic rings. The number of nitrogens with two attached hydrogens (primary N) is 2. The maximum atomic E-state index is 11.9. The molecule has 0 heterocycles. The van der Waals surface area contributed by atoms with Gasteiger partial charge in [-0.05, 0) is 5.92 Å². The molecule has 11 heavy (non-hydrogen) atoms. The van der Waals surface area contributed by atoms with Gasteiger partial charge < -0.3 is 11.5 Å². The molecule has 0 saturated carbocycles. The molecule has 5 heteroatoms. The van der Waals surface area contributed by atoms with Gasteiger partial charge in [-0.15, -0.1) is 0 Å². The minimum Gasteiger partial charge on any atom is -0.326 e. The molecule has 0 spiro atoms. The summed E-state index contributed by atoms with van der Waals surface area (Å²) in [6.45, 7) is 3.21. The van der Waals surface area contributed by atoms with Gasteiger partial charge in [0.2, 0.25) is 0 Å². The first-order valence-electron chi connectivity index (χ1n) is 3.34. The lowest BCUT2D eigenvalue weighted by molar-refractivity contribution is -0.154. The van der Waals surface area contributed by atoms with Crippen molar-refractivity contribution in [3.8, 4) is 0 Å². The fourth-order valence-corrected chi connectivity index (χ4v) is 0.633. The van der Waals surface area contributed by atoms with Crippen LogP contribution in [0.3, 0.4) is 0 Å². The quantitative estimate of drug-likeness (QED) is 0.645. The Morgan fingerprint density at radius 3 is 1.55 bits per heavy atom. The van der Waals surface area contributed by atoms with E-state index in [1.54, 1.807) is 13.8 Å². The molecular weight excluding hydrogens is 157 g/mol. The molecule has 0 saturated heterocycles. The highest BCUT2D eigenvalue weighted by Crippen LogP contribution is 2.22. The maximum absolute atomic E-state index is 11.9. The van der Waals surface area contributed by atoms with Crippen LogP contribution in [0.15, 0.2) is 0 Å². The minimum absolute atomic E-state index is 0.258. The summed E-state index contributed by atoms with van der Waals surface area (Å²) in [4.78, 5) is 0. The smallest absolute Gasteiger partial charge is 0.326 e. The third-order valence-corrected chi connectivity index (χ3v) is 1.56. The molecule has 0 aliphatic carbocycles. The lowest BCUT2D eigenvalue weighted by atomic mass is 9.98. The summed E-state index contributed by atoms with van der Waals surface area (Å²) in [5, 5.41) is 0. The van der Waals surface area contributed by atoms with Gasteiger partial charge in [-0.2, -0.15) is 13.2 Å². The molecule has 2 nitrogen and oxygen atoms in total. The summed E-state index contributed by atoms with van der Waals surface area (Å²) in [7, 11) is 0. The van der Waals surface area contributed by atoms with Gasteiger partial charge in [0.05, 0.1) is 0 Å². The average Bonchev–Trinajstić information content (AvgIpc) is 1.82. The summed E-state index contributed by atoms with van der Waals surface area (Å²) >= 11 is 0. The van der Waals surface area contributed by atoms with Crippen LogP contribution >= 0.6 is 0 Å². The number of hydrogen-bond acceptors (Lipinski definition) is 2. The summed E-state index contributed by atoms with van der Waals surface area (Å²) in [6, 6.07) is -2.93. The van der Waals surface area contributed by atoms with E-state index in [4.69, 9.17) is 11.5 Å². The Kier molecular flexibility index (Phi) is 3.31. The van der Waals surface area contributed by atoms with Gasteiger partial charge in [-0.3, -0.25) is 0 Å². The summed E-state index contributed by atoms with van der Waals surface area (Å²) in [6.07, 6.45) is -4.39. The average molecular weight is 170 g/mol. The zero-order chi connectivity index (χ0) is 9.23. The predicted octanol–water partition coefficient (Wildman–Crippen LogP) is 0.859. The topological polar surface area (TPSA) is 52.0 Å². The third-order valence-electron chi connectivity index (χ3n) is 1.56. The maximum Gasteiger partial charge on any atom is 0.405 e. The summed E-state index contributed by atoms with van der Waals surface area (Å²) in [5.41, 5.74) is 10.0. The van der Waals surface area contributed by atoms with Gasteiger partial charge in [0, 0.05) is 6.04 Å². The highest BCUT2D eigenvalue weighted by Gasteiger charge is 2.41. The van der Waals surface area contributed by atoms with Crippen molar-refractivity contribution in [2.45, 2.75) is 32.1 Å². The number of alkyl halides is 3. The molecule has 4 N–H and O–H groups in total. The largest absolute Gasteiger partial charge is 0.405 e. The van der Waals surface area contributed by atoms with Gasteiger partial charge >= 0.3 is 6.18 Å². The van der Waals surface area contributed by atoms with Crippen molar-refractivity contribution >= 4 is 0 Å². The SMILES string of the molecule is CC(C)[C@H](N)[C@@H](N)C(F)(F)F. The molecule has 0 aromatic carbocycles. The van der Waals surface area contributed by atoms with Crippen molar-refractivity contribution in [2.24, 2.45) is 17.4 Å². The van der Waals surface area contributed by atoms with Crippen molar-refractivity contribution in [2.75, 3.05) is 0 Å². The molecule has 0 unspecified atom stereocenters. The highest BCUT2D eigenvalue weighted by atomic mass is 19.4. The standard InChI is InChI=1S/C6H13F3N2/c1-3(2)4(10)5(11)6(7,8)9/h3-5H,10-11H2,1-2H3/t4-,5+/m0/s1. The van der Waals surface area contributed by atoms with Crippen LogP contribution in [0.5, 0.6) is 0 Å². The third kappa shape index (κ3) is 3.07. The van der Waals surface area contributed by atoms with E-state index in [0.29, 0.717) is 0 Å². The second-order valence-electron chi connectivity index (χ2n) is 2.89. The Bertz CT molecular complexity index is 121. The van der Waals surface area contributed by atoms with Crippen LogP contribution in [0.25, 0.3) is 0 Å². The molecule has 0 aliphatic heterocycles. The van der Waals surface area contributed by atoms with E-state index in [2.05, 4.69) is 0 Å². The highest BCUT2D eigenvalue weighted by molar-refractivity contribution is 4.84. The van der Waals surface area contributed by atoms with E-state index in [0.717, 1.165) is 0 Å². The van der Waals surface area contributed by atoms with Gasteiger partial charge in [-0.25, -0.2) is 0 Å². The van der Waals surface area contributed by atoms with Gasteiger partial charge in [0.25, 0.3) is 0 Å². The fraction of sp³-hybridized carbons (Fsp3) is 1.00. The van der Waals surface area contributed by atoms with Crippen molar-refractivity contribution in [1.29, 1.82) is 0 Å². The first-order valence-corrected chi connectivity index (χ1v) is 3.34. The Hall–Kier alpha value is -0.290. The molecule has 0 radical (unpaired) electrons. The van der Waals surface area contributed by atoms with E-state index in [1.807, 2.05) is 0 Å². The monoisotopic (exact) mass is 170 g/mol. The summed E-state index contributed by atoms with van der Waals surface area (Å²) < 4.78 is 35.6. The first-order chi connectivity index (χ1) is 4.76. The molecule has 68 valence electrons. The normalized spacial score (nSPS) is 18.5. The molecular formula is C6H13F3N2. The molecule has 0 bridgehead atoms. The van der Waals surface area contributed by atoms with Gasteiger partial charge in [0.1, 0.15) is 6.04 Å². The molecule has 0 aromatic rings. The molecule has 2 atom stereocenters. The van der Waals surface area contributed by atoms with Crippen molar-refractivity contribution in [3.05, 3.63) is 0 Å². The zero-order valence-corrected chi connectivity index (χ0v) is 6.52. The number of halogens is 3. The van der Waals surface area contributed by atoms with Gasteiger partial charge in [0.15, 0.2) is 0 Å². The second kappa shape index (κ2) is 3.40. The van der Waals surface area contributed by atoms with Crippen LogP contribution < -0.4 is 11.5 Å². The van der Waals surface area contributed by atoms with E-state index < -0.39 is 18.3 Å². The minimum atomic E-state index is -4.39. The van der Waals surface area contributed by atoms with E-state index in [1.165, 1.54) is 0 Å². The lowest BCUT2D eigenvalue weighted by Gasteiger charge is -2.24. The van der Waals surface area contributed by atoms with Crippen LogP contribution in [0.2, 0.25) is 0 Å². The molecule has 0 fully saturated rings. The second-order valence-corrected chi connectivity index (χ2v) is 2.89. The van der Waals surface area contributed by atoms with Crippen LogP contribution in [0.4, 0.5) is 13.2 Å². The van der Waals surface area contributed by atoms with E-state index in [-0.39, 0.29) is 5.92 Å². The van der Waals surface area contributed by atoms with Gasteiger partial charge in [-0.1, -0.05) is 13.8 Å². The zero-order valence-electron chi connectivity index (χ0n) is 6.52. The fourth-order valence-electron chi connectivity index (χ4n) is 0.633. The lowest BCUT2D eigenvalue weighted by Crippen LogP contribution is -2.53. The van der Waals surface area contributed by atoms with Crippen LogP contribution in [0.1, 0.15) is 13.8 Å². The first kappa shape index (κ1) is 10.7. The molecule has 0 aromatic heterocycles. The van der Waals surface area contributed by atoms with Crippen LogP contribution in [-0.2, 0) is 0 Å². The van der Waals surface area contributed by atoms with E-state index in [9.17, 15) is 13.2 Å². The molecule has 0 amide bonds. The Morgan fingerprint density at radius 1 is 1.09 bits per heavy atom. The molecule has 0 rings (SSSR count). The Balaban J connectivity index is 4.13. The van der Waals surface area contributed by atoms with Crippen molar-refractivity contribution < 1.29 is 13.2 Å². The predicted molar refractivity (Wildman–Crippen MR) is 36.8 cm³/mol. The Morgan fingerprint density at radius 2 is 1.45 bits per heavy atom. The van der Waals surface area contributed by atoms with Crippen molar-refractivity contribution in [1.82, 2.24) is 0 Å². The number of hydrogen-bond donors (Lipinski definition) is 2. The van der Waals surface area contributed by atoms with Crippen molar-refractivity contribution in [3.63, 3.8) is 0 Å². The Labute approximate surface area is 63.7 Å². The summed E-state index contributed by atoms with van der Waals surface area (Å²) in [5.74, 6) is -0.258. The number of rotatable bonds is 2. The van der Waals surface area contributed by atoms with E-state index >= 15 is 0 Å². The van der Waals surface area contributed by atoms with Crippen LogP contribution in [-0.4, -0.2) is 18.3 Å². The van der Waals surface area contributed by atoms with Crippen LogP contribution in [0, 0.1) is 5.92 Å².